The van der Waals surface area contributed by atoms with Gasteiger partial charge in [-0.2, -0.15) is 13.2 Å². The van der Waals surface area contributed by atoms with E-state index in [2.05, 4.69) is 54.2 Å². The van der Waals surface area contributed by atoms with Crippen molar-refractivity contribution in [2.24, 2.45) is 11.3 Å². The van der Waals surface area contributed by atoms with Gasteiger partial charge in [-0.3, -0.25) is 9.69 Å². The fourth-order valence-electron chi connectivity index (χ4n) is 11.8. The number of nitrogens with one attached hydrogen (secondary N) is 3. The van der Waals surface area contributed by atoms with Crippen LogP contribution in [0.5, 0.6) is 0 Å². The number of piperidine rings is 1. The van der Waals surface area contributed by atoms with E-state index in [-0.39, 0.29) is 23.4 Å². The van der Waals surface area contributed by atoms with Gasteiger partial charge in [0.2, 0.25) is 0 Å². The number of alkyl halides is 3. The minimum atomic E-state index is -6.07. The molecule has 0 saturated carbocycles. The van der Waals surface area contributed by atoms with E-state index in [4.69, 9.17) is 16.3 Å². The molecule has 4 heterocycles. The first kappa shape index (κ1) is 62.1. The molecule has 4 aromatic rings. The highest BCUT2D eigenvalue weighted by Gasteiger charge is 2.48. The number of anilines is 2. The molecule has 0 bridgehead atoms. The third-order valence-corrected chi connectivity index (χ3v) is 20.6. The normalized spacial score (nSPS) is 21.4. The zero-order chi connectivity index (χ0) is 55.6. The fraction of sp³-hybridized carbons (Fsp3) is 0.534. The van der Waals surface area contributed by atoms with Crippen LogP contribution in [0.3, 0.4) is 0 Å². The van der Waals surface area contributed by atoms with E-state index in [9.17, 15) is 34.8 Å². The third kappa shape index (κ3) is 16.7. The Morgan fingerprint density at radius 1 is 0.825 bits per heavy atom. The summed E-state index contributed by atoms with van der Waals surface area (Å²) in [5, 5.41) is 7.25. The summed E-state index contributed by atoms with van der Waals surface area (Å²) in [4.78, 5) is 24.7. The Morgan fingerprint density at radius 2 is 1.51 bits per heavy atom. The minimum Gasteiger partial charge on any atom is -0.380 e. The monoisotopic (exact) mass is 1200 g/mol. The van der Waals surface area contributed by atoms with Crippen molar-refractivity contribution >= 4 is 78.5 Å². The number of sulfonamides is 1. The number of piperazine rings is 2. The zero-order valence-electron chi connectivity index (χ0n) is 45.6. The van der Waals surface area contributed by atoms with Crippen LogP contribution in [-0.4, -0.2) is 178 Å². The van der Waals surface area contributed by atoms with E-state index in [1.54, 1.807) is 12.1 Å². The lowest BCUT2D eigenvalue weighted by molar-refractivity contribution is -0.0435. The predicted molar refractivity (Wildman–Crippen MR) is 317 cm³/mol. The van der Waals surface area contributed by atoms with Crippen LogP contribution in [0, 0.1) is 11.3 Å². The highest BCUT2D eigenvalue weighted by atomic mass is 35.5. The molecule has 438 valence electrons. The second-order valence-electron chi connectivity index (χ2n) is 22.3. The van der Waals surface area contributed by atoms with Crippen LogP contribution in [0.25, 0.3) is 5.57 Å². The Balaban J connectivity index is 0.00000841. The van der Waals surface area contributed by atoms with E-state index in [1.807, 2.05) is 47.2 Å². The second kappa shape index (κ2) is 28.1. The van der Waals surface area contributed by atoms with Gasteiger partial charge in [0.1, 0.15) is 4.90 Å². The van der Waals surface area contributed by atoms with Crippen molar-refractivity contribution in [1.29, 1.82) is 0 Å². The van der Waals surface area contributed by atoms with Crippen LogP contribution in [0.1, 0.15) is 67.8 Å². The summed E-state index contributed by atoms with van der Waals surface area (Å²) in [5.74, 6) is 0.154. The van der Waals surface area contributed by atoms with Gasteiger partial charge in [-0.25, -0.2) is 21.6 Å². The van der Waals surface area contributed by atoms with Crippen LogP contribution >= 0.6 is 35.8 Å². The van der Waals surface area contributed by atoms with Crippen molar-refractivity contribution in [2.45, 2.75) is 78.1 Å². The number of hydrogen-bond donors (Lipinski definition) is 3. The van der Waals surface area contributed by atoms with E-state index in [1.165, 1.54) is 60.0 Å². The SMILES string of the molecule is C[C@@]1(CN2CCN(CC3CCNCC3)CC2)CCC(c2ccc(Cl)cc2)=C(CN2CCN(c3ccc(C(=O)NS(=O)(=O)c4ccc(N[C@H](CCN5CCCOCC5)CSc5ccccc5)c(S(=O)(=O)C(F)(F)F)c4)cc3)CC2)C1.Cl. The lowest BCUT2D eigenvalue weighted by Crippen LogP contribution is -2.51. The number of thioether (sulfide) groups is 1. The molecule has 4 aromatic carbocycles. The highest BCUT2D eigenvalue weighted by molar-refractivity contribution is 7.99. The number of hydrogen-bond acceptors (Lipinski definition) is 14. The van der Waals surface area contributed by atoms with Gasteiger partial charge in [0.25, 0.3) is 25.8 Å². The van der Waals surface area contributed by atoms with Gasteiger partial charge in [-0.15, -0.1) is 24.2 Å². The molecule has 5 aliphatic rings. The standard InChI is InChI=1S/C58H76ClF3N8O6S3.ClH/c1-57(43-69-29-27-67(28-30-69)40-44-19-23-63-24-20-44)22-18-53(45-8-12-48(59)13-9-45)47(39-57)41-68-31-33-70(34-32-68)50-14-10-46(11-15-50)56(71)65-79(74,75)52-16-17-54(55(38-52)78(72,73)58(60,61)62)64-49(42-77-51-6-3-2-4-7-51)21-26-66-25-5-36-76-37-35-66;/h2-4,6-17,38,44,49,63-64H,5,18-37,39-43H2,1H3,(H,65,71);1H/t49-,57-;/m1./s1. The first-order valence-electron chi connectivity index (χ1n) is 27.9. The topological polar surface area (TPSA) is 147 Å². The molecule has 1 aliphatic carbocycles. The molecule has 80 heavy (non-hydrogen) atoms. The summed E-state index contributed by atoms with van der Waals surface area (Å²) in [6, 6.07) is 26.1. The van der Waals surface area contributed by atoms with Crippen molar-refractivity contribution in [2.75, 3.05) is 134 Å². The van der Waals surface area contributed by atoms with E-state index in [0.29, 0.717) is 44.5 Å². The minimum absolute atomic E-state index is 0. The number of amides is 1. The number of benzene rings is 4. The smallest absolute Gasteiger partial charge is 0.380 e. The molecule has 3 N–H and O–H groups in total. The number of halogens is 5. The highest BCUT2D eigenvalue weighted by Crippen LogP contribution is 2.44. The Labute approximate surface area is 486 Å². The maximum Gasteiger partial charge on any atom is 0.501 e. The average Bonchev–Trinajstić information content (AvgIpc) is 3.76. The van der Waals surface area contributed by atoms with Gasteiger partial charge < -0.3 is 35.0 Å². The van der Waals surface area contributed by atoms with Crippen molar-refractivity contribution in [3.8, 4) is 0 Å². The number of allylic oxidation sites excluding steroid dienone is 1. The first-order valence-corrected chi connectivity index (χ1v) is 32.2. The summed E-state index contributed by atoms with van der Waals surface area (Å²) < 4.78 is 104. The number of carbonyl (C=O) groups is 1. The molecule has 2 atom stereocenters. The summed E-state index contributed by atoms with van der Waals surface area (Å²) in [6.45, 7) is 18.7. The largest absolute Gasteiger partial charge is 0.501 e. The molecule has 1 amide bonds. The van der Waals surface area contributed by atoms with Crippen molar-refractivity contribution in [3.05, 3.63) is 119 Å². The van der Waals surface area contributed by atoms with Crippen LogP contribution < -0.4 is 20.3 Å². The molecular weight excluding hydrogens is 1130 g/mol. The molecule has 0 radical (unpaired) electrons. The van der Waals surface area contributed by atoms with Crippen molar-refractivity contribution < 1.29 is 39.5 Å². The Bertz CT molecular complexity index is 2920. The molecule has 0 aromatic heterocycles. The average molecular weight is 1210 g/mol. The lowest BCUT2D eigenvalue weighted by atomic mass is 9.71. The second-order valence-corrected chi connectivity index (χ2v) is 27.4. The van der Waals surface area contributed by atoms with E-state index < -0.39 is 52.8 Å². The van der Waals surface area contributed by atoms with Gasteiger partial charge in [-0.1, -0.05) is 54.4 Å². The lowest BCUT2D eigenvalue weighted by Gasteiger charge is -2.44. The Hall–Kier alpha value is -3.93. The maximum absolute atomic E-state index is 14.3. The summed E-state index contributed by atoms with van der Waals surface area (Å²) in [5.41, 5.74) is -0.991. The van der Waals surface area contributed by atoms with Crippen LogP contribution in [0.15, 0.2) is 117 Å². The van der Waals surface area contributed by atoms with Crippen molar-refractivity contribution in [3.63, 3.8) is 0 Å². The third-order valence-electron chi connectivity index (χ3n) is 16.3. The molecule has 22 heteroatoms. The molecule has 0 unspecified atom stereocenters. The van der Waals surface area contributed by atoms with E-state index in [0.717, 1.165) is 144 Å². The fourth-order valence-corrected chi connectivity index (χ4v) is 15.0. The summed E-state index contributed by atoms with van der Waals surface area (Å²) in [7, 11) is -10.9. The van der Waals surface area contributed by atoms with Gasteiger partial charge in [0.05, 0.1) is 17.2 Å². The van der Waals surface area contributed by atoms with E-state index >= 15 is 0 Å². The summed E-state index contributed by atoms with van der Waals surface area (Å²) >= 11 is 7.81. The number of rotatable bonds is 20. The molecule has 4 aliphatic heterocycles. The first-order chi connectivity index (χ1) is 37.9. The van der Waals surface area contributed by atoms with Crippen molar-refractivity contribution in [1.82, 2.24) is 29.6 Å². The molecular formula is C58H77Cl2F3N8O6S3. The molecule has 4 fully saturated rings. The zero-order valence-corrected chi connectivity index (χ0v) is 49.6. The number of carbonyl (C=O) groups excluding carboxylic acids is 1. The van der Waals surface area contributed by atoms with Crippen LogP contribution in [0.4, 0.5) is 24.5 Å². The molecule has 0 spiro atoms. The molecule has 9 rings (SSSR count). The van der Waals surface area contributed by atoms with Gasteiger partial charge in [-0.05, 0) is 147 Å². The van der Waals surface area contributed by atoms with Gasteiger partial charge in [0, 0.05) is 131 Å². The van der Waals surface area contributed by atoms with Gasteiger partial charge in [0.15, 0.2) is 0 Å². The summed E-state index contributed by atoms with van der Waals surface area (Å²) in [6.07, 6.45) is 6.99. The molecule has 4 saturated heterocycles. The van der Waals surface area contributed by atoms with Gasteiger partial charge >= 0.3 is 5.51 Å². The van der Waals surface area contributed by atoms with Crippen LogP contribution in [-0.2, 0) is 24.6 Å². The number of sulfone groups is 1. The van der Waals surface area contributed by atoms with Crippen LogP contribution in [0.2, 0.25) is 5.02 Å². The molecule has 14 nitrogen and oxygen atoms in total. The Morgan fingerprint density at radius 3 is 2.21 bits per heavy atom. The number of nitrogens with zero attached hydrogens (tertiary/aromatic N) is 5. The Kier molecular flexibility index (Phi) is 21.8. The maximum atomic E-state index is 14.3. The predicted octanol–water partition coefficient (Wildman–Crippen LogP) is 9.24. The number of ether oxygens (including phenoxy) is 1. The quantitative estimate of drug-likeness (QED) is 0.0723.